The van der Waals surface area contributed by atoms with Crippen LogP contribution in [0.5, 0.6) is 0 Å². The average Bonchev–Trinajstić information content (AvgIpc) is 2.51. The minimum Gasteiger partial charge on any atom is -0.459 e. The second kappa shape index (κ2) is 10.8. The zero-order valence-electron chi connectivity index (χ0n) is 12.8. The molecule has 0 saturated carbocycles. The van der Waals surface area contributed by atoms with E-state index in [1.54, 1.807) is 13.2 Å². The molecule has 0 aliphatic rings. The van der Waals surface area contributed by atoms with Gasteiger partial charge in [0.2, 0.25) is 0 Å². The molecule has 0 spiro atoms. The summed E-state index contributed by atoms with van der Waals surface area (Å²) in [6, 6.07) is 8.24. The fraction of sp³-hybridized carbons (Fsp3) is 0.250. The summed E-state index contributed by atoms with van der Waals surface area (Å²) in [4.78, 5) is 18.5. The minimum absolute atomic E-state index is 0. The van der Waals surface area contributed by atoms with Gasteiger partial charge in [-0.2, -0.15) is 6.92 Å². The molecule has 2 aromatic rings. The zero-order valence-corrected chi connectivity index (χ0v) is 16.4. The number of nitrogen functional groups attached to an aromatic ring is 1. The Balaban J connectivity index is 0.00000141. The van der Waals surface area contributed by atoms with Gasteiger partial charge in [-0.3, -0.25) is 4.98 Å². The van der Waals surface area contributed by atoms with Gasteiger partial charge >= 0.3 is 0 Å². The molecular formula is C16H18ClN3OY-2. The molecule has 2 N–H and O–H groups in total. The number of aryl methyl sites for hydroxylation is 3. The molecule has 0 atom stereocenters. The Labute approximate surface area is 161 Å². The molecule has 2 rings (SSSR count). The summed E-state index contributed by atoms with van der Waals surface area (Å²) >= 11 is 5.96. The number of rotatable bonds is 4. The van der Waals surface area contributed by atoms with Crippen LogP contribution in [0.4, 0.5) is 5.82 Å². The summed E-state index contributed by atoms with van der Waals surface area (Å²) in [6.45, 7) is 7.04. The van der Waals surface area contributed by atoms with Crippen LogP contribution in [0.1, 0.15) is 29.4 Å². The SMILES string of the molecule is Cc1ccc(CCc2nc(N)c([C-]=O)nc2Cl)cc1.[CH2-]C.[Y]. The number of halogens is 1. The van der Waals surface area contributed by atoms with E-state index in [0.29, 0.717) is 12.1 Å². The Morgan fingerprint density at radius 3 is 2.32 bits per heavy atom. The number of nitrogens with zero attached hydrogens (tertiary/aromatic N) is 2. The van der Waals surface area contributed by atoms with E-state index in [4.69, 9.17) is 17.3 Å². The van der Waals surface area contributed by atoms with Crippen molar-refractivity contribution in [3.63, 3.8) is 0 Å². The molecule has 0 aliphatic carbocycles. The molecule has 6 heteroatoms. The number of aromatic nitrogens is 2. The summed E-state index contributed by atoms with van der Waals surface area (Å²) in [5.41, 5.74) is 8.56. The molecule has 0 amide bonds. The van der Waals surface area contributed by atoms with Crippen LogP contribution >= 0.6 is 11.6 Å². The summed E-state index contributed by atoms with van der Waals surface area (Å²) in [6.07, 6.45) is 3.02. The van der Waals surface area contributed by atoms with Gasteiger partial charge in [0, 0.05) is 39.0 Å². The molecule has 0 bridgehead atoms. The predicted molar refractivity (Wildman–Crippen MR) is 85.9 cm³/mol. The van der Waals surface area contributed by atoms with Gasteiger partial charge in [0.1, 0.15) is 5.15 Å². The van der Waals surface area contributed by atoms with Gasteiger partial charge in [0.05, 0.1) is 5.69 Å². The van der Waals surface area contributed by atoms with Gasteiger partial charge in [-0.25, -0.2) is 0 Å². The van der Waals surface area contributed by atoms with Gasteiger partial charge in [0.25, 0.3) is 0 Å². The monoisotopic (exact) mass is 392 g/mol. The third-order valence-electron chi connectivity index (χ3n) is 2.81. The van der Waals surface area contributed by atoms with Crippen molar-refractivity contribution in [2.45, 2.75) is 26.7 Å². The minimum atomic E-state index is -0.0379. The standard InChI is InChI=1S/C14H13ClN3O.C2H5.Y/c1-9-2-4-10(5-3-9)6-7-11-13(15)17-12(8-19)14(16)18-11;1-2;/h2-5H,6-7H2,1H3,(H2,16,18);1H2,2H3;/q2*-1;. The third kappa shape index (κ3) is 6.11. The molecule has 22 heavy (non-hydrogen) atoms. The van der Waals surface area contributed by atoms with Crippen LogP contribution in [0, 0.1) is 13.8 Å². The molecule has 0 unspecified atom stereocenters. The number of benzene rings is 1. The maximum absolute atomic E-state index is 10.5. The van der Waals surface area contributed by atoms with Gasteiger partial charge in [-0.15, -0.1) is 0 Å². The fourth-order valence-corrected chi connectivity index (χ4v) is 1.94. The van der Waals surface area contributed by atoms with E-state index >= 15 is 0 Å². The molecule has 115 valence electrons. The Bertz CT molecular complexity index is 603. The van der Waals surface area contributed by atoms with Crippen LogP contribution in [0.15, 0.2) is 24.3 Å². The van der Waals surface area contributed by atoms with Gasteiger partial charge in [0.15, 0.2) is 0 Å². The number of carbonyl (C=O) groups excluding carboxylic acids is 1. The maximum atomic E-state index is 10.5. The fourth-order valence-electron chi connectivity index (χ4n) is 1.72. The molecule has 4 nitrogen and oxygen atoms in total. The van der Waals surface area contributed by atoms with Crippen molar-refractivity contribution in [2.75, 3.05) is 5.73 Å². The Kier molecular flexibility index (Phi) is 10.4. The third-order valence-corrected chi connectivity index (χ3v) is 3.12. The first-order chi connectivity index (χ1) is 10.1. The topological polar surface area (TPSA) is 68.9 Å². The van der Waals surface area contributed by atoms with Crippen molar-refractivity contribution in [3.05, 3.63) is 58.9 Å². The Morgan fingerprint density at radius 2 is 1.77 bits per heavy atom. The summed E-state index contributed by atoms with van der Waals surface area (Å²) in [5, 5.41) is 0.208. The largest absolute Gasteiger partial charge is 0.459 e. The van der Waals surface area contributed by atoms with E-state index in [1.165, 1.54) is 11.1 Å². The van der Waals surface area contributed by atoms with Gasteiger partial charge < -0.3 is 22.4 Å². The van der Waals surface area contributed by atoms with Crippen LogP contribution in [-0.4, -0.2) is 16.3 Å². The normalized spacial score (nSPS) is 9.27. The predicted octanol–water partition coefficient (Wildman–Crippen LogP) is 3.10. The molecule has 1 radical (unpaired) electrons. The second-order valence-electron chi connectivity index (χ2n) is 4.28. The molecular weight excluding hydrogens is 375 g/mol. The molecule has 0 saturated heterocycles. The Morgan fingerprint density at radius 1 is 1.18 bits per heavy atom. The van der Waals surface area contributed by atoms with E-state index in [2.05, 4.69) is 41.2 Å². The number of hydrogen-bond donors (Lipinski definition) is 1. The van der Waals surface area contributed by atoms with Crippen molar-refractivity contribution in [1.82, 2.24) is 9.97 Å². The number of hydrogen-bond acceptors (Lipinski definition) is 4. The quantitative estimate of drug-likeness (QED) is 0.812. The van der Waals surface area contributed by atoms with Crippen molar-refractivity contribution in [2.24, 2.45) is 0 Å². The van der Waals surface area contributed by atoms with Crippen molar-refractivity contribution in [3.8, 4) is 0 Å². The van der Waals surface area contributed by atoms with Crippen LogP contribution < -0.4 is 5.73 Å². The van der Waals surface area contributed by atoms with E-state index in [-0.39, 0.29) is 49.4 Å². The number of anilines is 1. The van der Waals surface area contributed by atoms with Gasteiger partial charge in [-0.1, -0.05) is 41.4 Å². The zero-order chi connectivity index (χ0) is 15.8. The van der Waals surface area contributed by atoms with E-state index in [0.717, 1.165) is 6.42 Å². The Hall–Kier alpha value is -0.836. The first-order valence-electron chi connectivity index (χ1n) is 6.56. The maximum Gasteiger partial charge on any atom is 0.146 e. The molecule has 1 heterocycles. The summed E-state index contributed by atoms with van der Waals surface area (Å²) in [5.74, 6) is 0.0679. The van der Waals surface area contributed by atoms with Crippen molar-refractivity contribution >= 4 is 23.7 Å². The van der Waals surface area contributed by atoms with Gasteiger partial charge in [-0.05, 0) is 36.8 Å². The molecule has 1 aromatic heterocycles. The first kappa shape index (κ1) is 21.2. The molecule has 0 fully saturated rings. The average molecular weight is 393 g/mol. The van der Waals surface area contributed by atoms with Crippen LogP contribution in [0.25, 0.3) is 0 Å². The number of nitrogens with two attached hydrogens (primary N) is 1. The smallest absolute Gasteiger partial charge is 0.146 e. The van der Waals surface area contributed by atoms with Crippen molar-refractivity contribution in [1.29, 1.82) is 0 Å². The molecule has 0 aliphatic heterocycles. The van der Waals surface area contributed by atoms with Crippen LogP contribution in [0.3, 0.4) is 0 Å². The van der Waals surface area contributed by atoms with Crippen LogP contribution in [0.2, 0.25) is 5.15 Å². The molecule has 1 aromatic carbocycles. The first-order valence-corrected chi connectivity index (χ1v) is 6.94. The van der Waals surface area contributed by atoms with E-state index in [9.17, 15) is 4.79 Å². The van der Waals surface area contributed by atoms with E-state index in [1.807, 2.05) is 6.92 Å². The summed E-state index contributed by atoms with van der Waals surface area (Å²) < 4.78 is 0. The van der Waals surface area contributed by atoms with Crippen LogP contribution in [-0.2, 0) is 50.3 Å². The summed E-state index contributed by atoms with van der Waals surface area (Å²) in [7, 11) is 0. The van der Waals surface area contributed by atoms with E-state index < -0.39 is 0 Å². The second-order valence-corrected chi connectivity index (χ2v) is 4.64. The van der Waals surface area contributed by atoms with Crippen molar-refractivity contribution < 1.29 is 37.5 Å².